The summed E-state index contributed by atoms with van der Waals surface area (Å²) in [5, 5.41) is 8.83. The lowest BCUT2D eigenvalue weighted by Gasteiger charge is -2.26. The number of hydrogen-bond acceptors (Lipinski definition) is 3. The topological polar surface area (TPSA) is 90.5 Å². The average molecular weight is 320 g/mol. The summed E-state index contributed by atoms with van der Waals surface area (Å²) in [6, 6.07) is 1.54. The van der Waals surface area contributed by atoms with E-state index in [-0.39, 0.29) is 30.1 Å². The molecular weight excluding hydrogens is 296 g/mol. The van der Waals surface area contributed by atoms with E-state index in [1.54, 1.807) is 6.07 Å². The fraction of sp³-hybridized carbons (Fsp3) is 0.588. The van der Waals surface area contributed by atoms with Crippen LogP contribution >= 0.6 is 0 Å². The number of carboxylic acids is 1. The number of amides is 1. The number of nitrogens with one attached hydrogen (secondary N) is 1. The fourth-order valence-electron chi connectivity index (χ4n) is 2.98. The number of carbonyl (C=O) groups excluding carboxylic acids is 1. The van der Waals surface area contributed by atoms with Gasteiger partial charge in [0.1, 0.15) is 5.56 Å². The number of carboxylic acid groups (broad SMARTS) is 1. The highest BCUT2D eigenvalue weighted by atomic mass is 16.4. The largest absolute Gasteiger partial charge is 0.481 e. The lowest BCUT2D eigenvalue weighted by molar-refractivity contribution is -0.137. The van der Waals surface area contributed by atoms with Gasteiger partial charge in [-0.1, -0.05) is 6.42 Å². The second kappa shape index (κ2) is 7.44. The highest BCUT2D eigenvalue weighted by Crippen LogP contribution is 2.19. The maximum atomic E-state index is 12.7. The number of rotatable bonds is 5. The van der Waals surface area contributed by atoms with Gasteiger partial charge in [-0.05, 0) is 51.2 Å². The van der Waals surface area contributed by atoms with E-state index in [1.165, 1.54) is 4.90 Å². The number of fused-ring (bicyclic) bond motifs is 1. The molecule has 0 unspecified atom stereocenters. The molecule has 0 bridgehead atoms. The molecule has 1 heterocycles. The quantitative estimate of drug-likeness (QED) is 0.812. The van der Waals surface area contributed by atoms with Crippen LogP contribution in [0.15, 0.2) is 10.9 Å². The Hall–Kier alpha value is -2.11. The van der Waals surface area contributed by atoms with Crippen molar-refractivity contribution in [3.8, 4) is 0 Å². The lowest BCUT2D eigenvalue weighted by Crippen LogP contribution is -2.41. The Morgan fingerprint density at radius 1 is 1.26 bits per heavy atom. The van der Waals surface area contributed by atoms with E-state index in [0.29, 0.717) is 0 Å². The second-order valence-electron chi connectivity index (χ2n) is 6.31. The van der Waals surface area contributed by atoms with Crippen LogP contribution in [0.25, 0.3) is 0 Å². The maximum Gasteiger partial charge on any atom is 0.305 e. The summed E-state index contributed by atoms with van der Waals surface area (Å²) >= 11 is 0. The minimum Gasteiger partial charge on any atom is -0.481 e. The standard InChI is InChI=1S/C17H24N2O4/c1-11(2)19(9-8-15(20)21)17(23)13-10-12-6-4-3-5-7-14(12)18-16(13)22/h10-11H,3-9H2,1-2H3,(H,18,22)(H,20,21). The first kappa shape index (κ1) is 17.2. The fourth-order valence-corrected chi connectivity index (χ4v) is 2.98. The van der Waals surface area contributed by atoms with Gasteiger partial charge in [0.2, 0.25) is 0 Å². The second-order valence-corrected chi connectivity index (χ2v) is 6.31. The zero-order valence-corrected chi connectivity index (χ0v) is 13.7. The predicted octanol–water partition coefficient (Wildman–Crippen LogP) is 1.97. The Morgan fingerprint density at radius 2 is 1.96 bits per heavy atom. The number of aryl methyl sites for hydroxylation is 2. The van der Waals surface area contributed by atoms with Gasteiger partial charge >= 0.3 is 5.97 Å². The molecule has 0 atom stereocenters. The SMILES string of the molecule is CC(C)N(CCC(=O)O)C(=O)c1cc2c([nH]c1=O)CCCCC2. The molecule has 1 aliphatic rings. The molecule has 0 aliphatic heterocycles. The number of aromatic nitrogens is 1. The smallest absolute Gasteiger partial charge is 0.305 e. The molecule has 1 aromatic heterocycles. The van der Waals surface area contributed by atoms with Crippen LogP contribution in [0.1, 0.15) is 61.1 Å². The van der Waals surface area contributed by atoms with E-state index in [1.807, 2.05) is 13.8 Å². The normalized spacial score (nSPS) is 14.2. The summed E-state index contributed by atoms with van der Waals surface area (Å²) in [6.07, 6.45) is 4.80. The summed E-state index contributed by atoms with van der Waals surface area (Å²) in [5.41, 5.74) is 1.71. The van der Waals surface area contributed by atoms with Crippen LogP contribution in [0.4, 0.5) is 0 Å². The van der Waals surface area contributed by atoms with E-state index in [9.17, 15) is 14.4 Å². The summed E-state index contributed by atoms with van der Waals surface area (Å²) in [7, 11) is 0. The molecule has 2 N–H and O–H groups in total. The molecule has 6 nitrogen and oxygen atoms in total. The molecule has 1 aromatic rings. The number of nitrogens with zero attached hydrogens (tertiary/aromatic N) is 1. The van der Waals surface area contributed by atoms with E-state index >= 15 is 0 Å². The van der Waals surface area contributed by atoms with E-state index < -0.39 is 11.9 Å². The Bertz CT molecular complexity index is 648. The van der Waals surface area contributed by atoms with Gasteiger partial charge in [-0.15, -0.1) is 0 Å². The van der Waals surface area contributed by atoms with Crippen LogP contribution in [0.5, 0.6) is 0 Å². The molecular formula is C17H24N2O4. The molecule has 1 aliphatic carbocycles. The van der Waals surface area contributed by atoms with Crippen LogP contribution in [0.3, 0.4) is 0 Å². The summed E-state index contributed by atoms with van der Waals surface area (Å²) in [6.45, 7) is 3.73. The highest BCUT2D eigenvalue weighted by Gasteiger charge is 2.23. The summed E-state index contributed by atoms with van der Waals surface area (Å²) < 4.78 is 0. The van der Waals surface area contributed by atoms with E-state index in [0.717, 1.165) is 43.4 Å². The van der Waals surface area contributed by atoms with Crippen LogP contribution < -0.4 is 5.56 Å². The zero-order valence-electron chi connectivity index (χ0n) is 13.7. The van der Waals surface area contributed by atoms with Crippen LogP contribution in [-0.4, -0.2) is 39.5 Å². The molecule has 0 spiro atoms. The first-order valence-corrected chi connectivity index (χ1v) is 8.18. The number of aliphatic carboxylic acids is 1. The molecule has 2 rings (SSSR count). The molecule has 0 radical (unpaired) electrons. The molecule has 23 heavy (non-hydrogen) atoms. The molecule has 1 amide bonds. The molecule has 0 fully saturated rings. The van der Waals surface area contributed by atoms with Gasteiger partial charge in [-0.3, -0.25) is 14.4 Å². The van der Waals surface area contributed by atoms with Crippen molar-refractivity contribution in [3.05, 3.63) is 33.2 Å². The number of H-pyrrole nitrogens is 1. The number of aromatic amines is 1. The predicted molar refractivity (Wildman–Crippen MR) is 86.7 cm³/mol. The van der Waals surface area contributed by atoms with Crippen LogP contribution in [-0.2, 0) is 17.6 Å². The van der Waals surface area contributed by atoms with E-state index in [4.69, 9.17) is 5.11 Å². The Kier molecular flexibility index (Phi) is 5.58. The third-order valence-electron chi connectivity index (χ3n) is 4.27. The summed E-state index contributed by atoms with van der Waals surface area (Å²) in [4.78, 5) is 40.1. The van der Waals surface area contributed by atoms with Gasteiger partial charge in [-0.25, -0.2) is 0 Å². The minimum absolute atomic E-state index is 0.0996. The van der Waals surface area contributed by atoms with Crippen molar-refractivity contribution in [3.63, 3.8) is 0 Å². The highest BCUT2D eigenvalue weighted by molar-refractivity contribution is 5.94. The third-order valence-corrected chi connectivity index (χ3v) is 4.27. The Morgan fingerprint density at radius 3 is 2.61 bits per heavy atom. The van der Waals surface area contributed by atoms with Crippen molar-refractivity contribution in [1.29, 1.82) is 0 Å². The molecule has 0 aromatic carbocycles. The van der Waals surface area contributed by atoms with Gasteiger partial charge in [0.15, 0.2) is 0 Å². The number of carbonyl (C=O) groups is 2. The van der Waals surface area contributed by atoms with Crippen LogP contribution in [0, 0.1) is 0 Å². The molecule has 0 saturated heterocycles. The first-order chi connectivity index (χ1) is 10.9. The van der Waals surface area contributed by atoms with Gasteiger partial charge in [0.05, 0.1) is 6.42 Å². The molecule has 6 heteroatoms. The number of hydrogen-bond donors (Lipinski definition) is 2. The van der Waals surface area contributed by atoms with Crippen molar-refractivity contribution in [2.75, 3.05) is 6.54 Å². The van der Waals surface area contributed by atoms with Gasteiger partial charge < -0.3 is 15.0 Å². The Balaban J connectivity index is 2.31. The van der Waals surface area contributed by atoms with Crippen molar-refractivity contribution in [2.45, 2.75) is 58.4 Å². The third kappa shape index (κ3) is 4.21. The Labute approximate surface area is 135 Å². The summed E-state index contributed by atoms with van der Waals surface area (Å²) in [5.74, 6) is -1.35. The van der Waals surface area contributed by atoms with Gasteiger partial charge in [0, 0.05) is 18.3 Å². The lowest BCUT2D eigenvalue weighted by atomic mass is 10.0. The first-order valence-electron chi connectivity index (χ1n) is 8.18. The monoisotopic (exact) mass is 320 g/mol. The van der Waals surface area contributed by atoms with Gasteiger partial charge in [0.25, 0.3) is 11.5 Å². The van der Waals surface area contributed by atoms with Crippen molar-refractivity contribution < 1.29 is 14.7 Å². The van der Waals surface area contributed by atoms with E-state index in [2.05, 4.69) is 4.98 Å². The average Bonchev–Trinajstić information content (AvgIpc) is 2.70. The molecule has 126 valence electrons. The maximum absolute atomic E-state index is 12.7. The minimum atomic E-state index is -0.959. The number of pyridine rings is 1. The van der Waals surface area contributed by atoms with Crippen LogP contribution in [0.2, 0.25) is 0 Å². The van der Waals surface area contributed by atoms with Gasteiger partial charge in [-0.2, -0.15) is 0 Å². The van der Waals surface area contributed by atoms with Crippen molar-refractivity contribution in [1.82, 2.24) is 9.88 Å². The zero-order chi connectivity index (χ0) is 17.0. The van der Waals surface area contributed by atoms with Crippen molar-refractivity contribution in [2.24, 2.45) is 0 Å². The molecule has 0 saturated carbocycles. The van der Waals surface area contributed by atoms with Crippen molar-refractivity contribution >= 4 is 11.9 Å².